The molecule has 0 atom stereocenters. The molecule has 0 aliphatic rings. The summed E-state index contributed by atoms with van der Waals surface area (Å²) in [5.74, 6) is 0.986. The van der Waals surface area contributed by atoms with Crippen LogP contribution in [-0.2, 0) is 11.3 Å². The Kier molecular flexibility index (Phi) is 4.79. The second kappa shape index (κ2) is 6.77. The first-order chi connectivity index (χ1) is 11.0. The topological polar surface area (TPSA) is 106 Å². The summed E-state index contributed by atoms with van der Waals surface area (Å²) in [7, 11) is 2.79. The lowest BCUT2D eigenvalue weighted by Gasteiger charge is -2.11. The zero-order valence-corrected chi connectivity index (χ0v) is 12.8. The first-order valence-electron chi connectivity index (χ1n) is 6.54. The van der Waals surface area contributed by atoms with E-state index in [2.05, 4.69) is 4.98 Å². The highest BCUT2D eigenvalue weighted by Crippen LogP contribution is 2.34. The van der Waals surface area contributed by atoms with Crippen molar-refractivity contribution in [3.8, 4) is 11.5 Å². The highest BCUT2D eigenvalue weighted by atomic mass is 16.6. The van der Waals surface area contributed by atoms with Crippen LogP contribution in [0.3, 0.4) is 0 Å². The summed E-state index contributed by atoms with van der Waals surface area (Å²) in [4.78, 5) is 26.4. The number of hydrogen-bond donors (Lipinski definition) is 0. The van der Waals surface area contributed by atoms with Crippen molar-refractivity contribution in [2.75, 3.05) is 14.2 Å². The summed E-state index contributed by atoms with van der Waals surface area (Å²) < 4.78 is 16.4. The van der Waals surface area contributed by atoms with Gasteiger partial charge in [0.25, 0.3) is 5.69 Å². The minimum absolute atomic E-state index is 0.193. The van der Waals surface area contributed by atoms with E-state index >= 15 is 0 Å². The van der Waals surface area contributed by atoms with E-state index in [1.54, 1.807) is 6.92 Å². The molecule has 0 fully saturated rings. The van der Waals surface area contributed by atoms with Gasteiger partial charge in [0.2, 0.25) is 0 Å². The van der Waals surface area contributed by atoms with Crippen molar-refractivity contribution >= 4 is 11.8 Å². The van der Waals surface area contributed by atoms with E-state index < -0.39 is 11.0 Å². The van der Waals surface area contributed by atoms with Gasteiger partial charge < -0.3 is 14.2 Å². The predicted octanol–water partition coefficient (Wildman–Crippen LogP) is 2.30. The molecule has 23 heavy (non-hydrogen) atoms. The first-order valence-corrected chi connectivity index (χ1v) is 6.54. The maximum Gasteiger partial charge on any atom is 0.419 e. The number of carbonyl (C=O) groups excluding carboxylic acids is 1. The van der Waals surface area contributed by atoms with Gasteiger partial charge >= 0.3 is 6.09 Å². The average molecular weight is 321 g/mol. The molecule has 2 aromatic rings. The molecule has 0 saturated carbocycles. The smallest absolute Gasteiger partial charge is 0.419 e. The molecule has 9 nitrogen and oxygen atoms in total. The Morgan fingerprint density at radius 2 is 1.96 bits per heavy atom. The Hall–Kier alpha value is -3.10. The Balaban J connectivity index is 2.26. The van der Waals surface area contributed by atoms with E-state index in [0.717, 1.165) is 0 Å². The van der Waals surface area contributed by atoms with Crippen LogP contribution in [0.25, 0.3) is 0 Å². The monoisotopic (exact) mass is 321 g/mol. The van der Waals surface area contributed by atoms with Crippen LogP contribution < -0.4 is 9.47 Å². The standard InChI is InChI=1S/C14H15N3O6/c1-9-15-4-5-16(9)14(18)23-8-10-6-12(21-2)13(22-3)7-11(10)17(19)20/h4-7H,8H2,1-3H3. The van der Waals surface area contributed by atoms with Crippen LogP contribution >= 0.6 is 0 Å². The van der Waals surface area contributed by atoms with Crippen molar-refractivity contribution < 1.29 is 23.9 Å². The van der Waals surface area contributed by atoms with Crippen molar-refractivity contribution in [3.05, 3.63) is 46.0 Å². The fourth-order valence-electron chi connectivity index (χ4n) is 1.98. The summed E-state index contributed by atoms with van der Waals surface area (Å²) in [6.07, 6.45) is 2.22. The van der Waals surface area contributed by atoms with Gasteiger partial charge in [-0.15, -0.1) is 0 Å². The van der Waals surface area contributed by atoms with Crippen LogP contribution in [-0.4, -0.2) is 34.8 Å². The molecule has 0 aliphatic carbocycles. The van der Waals surface area contributed by atoms with Gasteiger partial charge in [-0.1, -0.05) is 0 Å². The molecule has 9 heteroatoms. The van der Waals surface area contributed by atoms with Crippen LogP contribution in [0, 0.1) is 17.0 Å². The van der Waals surface area contributed by atoms with Gasteiger partial charge in [0, 0.05) is 12.4 Å². The number of benzene rings is 1. The molecule has 0 spiro atoms. The van der Waals surface area contributed by atoms with Crippen molar-refractivity contribution in [1.29, 1.82) is 0 Å². The number of hydrogen-bond acceptors (Lipinski definition) is 7. The molecule has 0 bridgehead atoms. The van der Waals surface area contributed by atoms with E-state index in [1.807, 2.05) is 0 Å². The second-order valence-corrected chi connectivity index (χ2v) is 4.49. The largest absolute Gasteiger partial charge is 0.493 e. The molecule has 1 aromatic heterocycles. The van der Waals surface area contributed by atoms with E-state index in [9.17, 15) is 14.9 Å². The van der Waals surface area contributed by atoms with Crippen molar-refractivity contribution in [2.45, 2.75) is 13.5 Å². The number of methoxy groups -OCH3 is 2. The zero-order chi connectivity index (χ0) is 17.0. The number of carbonyl (C=O) groups is 1. The fraction of sp³-hybridized carbons (Fsp3) is 0.286. The van der Waals surface area contributed by atoms with Crippen LogP contribution in [0.4, 0.5) is 10.5 Å². The summed E-state index contributed by atoms with van der Waals surface area (Å²) in [5.41, 5.74) is -0.0310. The summed E-state index contributed by atoms with van der Waals surface area (Å²) >= 11 is 0. The highest BCUT2D eigenvalue weighted by Gasteiger charge is 2.21. The average Bonchev–Trinajstić information content (AvgIpc) is 2.97. The molecule has 122 valence electrons. The molecule has 1 aromatic carbocycles. The lowest BCUT2D eigenvalue weighted by molar-refractivity contribution is -0.385. The van der Waals surface area contributed by atoms with Gasteiger partial charge in [0.1, 0.15) is 12.4 Å². The van der Waals surface area contributed by atoms with Gasteiger partial charge in [-0.25, -0.2) is 14.3 Å². The Bertz CT molecular complexity index is 740. The number of ether oxygens (including phenoxy) is 3. The molecular formula is C14H15N3O6. The van der Waals surface area contributed by atoms with Gasteiger partial charge in [-0.05, 0) is 13.0 Å². The quantitative estimate of drug-likeness (QED) is 0.614. The summed E-state index contributed by atoms with van der Waals surface area (Å²) in [6.45, 7) is 1.35. The SMILES string of the molecule is COc1cc(COC(=O)n2ccnc2C)c([N+](=O)[O-])cc1OC. The molecule has 1 heterocycles. The maximum absolute atomic E-state index is 11.9. The molecule has 2 rings (SSSR count). The van der Waals surface area contributed by atoms with Crippen LogP contribution in [0.2, 0.25) is 0 Å². The number of aryl methyl sites for hydroxylation is 1. The normalized spacial score (nSPS) is 10.2. The Morgan fingerprint density at radius 3 is 2.48 bits per heavy atom. The molecule has 0 radical (unpaired) electrons. The third kappa shape index (κ3) is 3.39. The summed E-state index contributed by atoms with van der Waals surface area (Å²) in [6, 6.07) is 2.63. The van der Waals surface area contributed by atoms with E-state index in [1.165, 1.54) is 43.3 Å². The van der Waals surface area contributed by atoms with Crippen LogP contribution in [0.15, 0.2) is 24.5 Å². The molecule has 0 N–H and O–H groups in total. The predicted molar refractivity (Wildman–Crippen MR) is 78.7 cm³/mol. The highest BCUT2D eigenvalue weighted by molar-refractivity contribution is 5.71. The number of nitrogens with zero attached hydrogens (tertiary/aromatic N) is 3. The Morgan fingerprint density at radius 1 is 1.30 bits per heavy atom. The lowest BCUT2D eigenvalue weighted by Crippen LogP contribution is -2.14. The van der Waals surface area contributed by atoms with Gasteiger partial charge in [-0.3, -0.25) is 10.1 Å². The molecule has 0 amide bonds. The lowest BCUT2D eigenvalue weighted by atomic mass is 10.1. The van der Waals surface area contributed by atoms with Crippen molar-refractivity contribution in [2.24, 2.45) is 0 Å². The number of aromatic nitrogens is 2. The van der Waals surface area contributed by atoms with E-state index in [0.29, 0.717) is 11.6 Å². The van der Waals surface area contributed by atoms with Gasteiger partial charge in [-0.2, -0.15) is 0 Å². The number of rotatable bonds is 5. The van der Waals surface area contributed by atoms with E-state index in [4.69, 9.17) is 14.2 Å². The minimum Gasteiger partial charge on any atom is -0.493 e. The number of nitro groups is 1. The third-order valence-corrected chi connectivity index (χ3v) is 3.16. The van der Waals surface area contributed by atoms with Gasteiger partial charge in [0.15, 0.2) is 11.5 Å². The third-order valence-electron chi connectivity index (χ3n) is 3.16. The fourth-order valence-corrected chi connectivity index (χ4v) is 1.98. The van der Waals surface area contributed by atoms with Crippen LogP contribution in [0.5, 0.6) is 11.5 Å². The van der Waals surface area contributed by atoms with Crippen molar-refractivity contribution in [3.63, 3.8) is 0 Å². The molecule has 0 aliphatic heterocycles. The zero-order valence-electron chi connectivity index (χ0n) is 12.8. The minimum atomic E-state index is -0.677. The van der Waals surface area contributed by atoms with E-state index in [-0.39, 0.29) is 23.6 Å². The summed E-state index contributed by atoms with van der Waals surface area (Å²) in [5, 5.41) is 11.2. The first kappa shape index (κ1) is 16.3. The second-order valence-electron chi connectivity index (χ2n) is 4.49. The molecular weight excluding hydrogens is 306 g/mol. The van der Waals surface area contributed by atoms with Crippen LogP contribution in [0.1, 0.15) is 11.4 Å². The Labute approximate surface area is 131 Å². The molecule has 0 saturated heterocycles. The number of nitro benzene ring substituents is 1. The maximum atomic E-state index is 11.9. The van der Waals surface area contributed by atoms with Crippen molar-refractivity contribution in [1.82, 2.24) is 9.55 Å². The molecule has 0 unspecified atom stereocenters. The number of imidazole rings is 1. The van der Waals surface area contributed by atoms with Gasteiger partial charge in [0.05, 0.1) is 30.8 Å².